The van der Waals surface area contributed by atoms with Crippen molar-refractivity contribution in [1.29, 1.82) is 0 Å². The van der Waals surface area contributed by atoms with Crippen molar-refractivity contribution in [1.82, 2.24) is 10.2 Å². The fourth-order valence-electron chi connectivity index (χ4n) is 2.99. The molecule has 2 aromatic carbocycles. The summed E-state index contributed by atoms with van der Waals surface area (Å²) in [5, 5.41) is 13.5. The van der Waals surface area contributed by atoms with Crippen LogP contribution in [0, 0.1) is 10.1 Å². The number of imide groups is 1. The molecule has 166 valence electrons. The van der Waals surface area contributed by atoms with Crippen LogP contribution < -0.4 is 14.8 Å². The van der Waals surface area contributed by atoms with Crippen LogP contribution >= 0.6 is 15.9 Å². The number of benzene rings is 2. The van der Waals surface area contributed by atoms with Crippen LogP contribution in [0.1, 0.15) is 18.1 Å². The number of carbonyl (C=O) groups excluding carboxylic acids is 2. The van der Waals surface area contributed by atoms with Crippen molar-refractivity contribution in [3.05, 3.63) is 80.5 Å². The molecule has 0 atom stereocenters. The van der Waals surface area contributed by atoms with E-state index in [-0.39, 0.29) is 24.5 Å². The fraction of sp³-hybridized carbons (Fsp3) is 0.182. The molecule has 1 heterocycles. The third-order valence-electron chi connectivity index (χ3n) is 4.45. The minimum atomic E-state index is -0.515. The van der Waals surface area contributed by atoms with Crippen LogP contribution in [0.5, 0.6) is 11.5 Å². The highest BCUT2D eigenvalue weighted by molar-refractivity contribution is 9.10. The number of nitrogens with one attached hydrogen (secondary N) is 1. The van der Waals surface area contributed by atoms with Gasteiger partial charge < -0.3 is 14.8 Å². The van der Waals surface area contributed by atoms with Crippen LogP contribution in [0.3, 0.4) is 0 Å². The molecule has 3 amide bonds. The maximum atomic E-state index is 12.4. The van der Waals surface area contributed by atoms with E-state index < -0.39 is 16.9 Å². The average molecular weight is 502 g/mol. The van der Waals surface area contributed by atoms with Gasteiger partial charge in [-0.1, -0.05) is 34.1 Å². The van der Waals surface area contributed by atoms with Crippen molar-refractivity contribution in [2.75, 3.05) is 13.2 Å². The molecule has 1 aliphatic rings. The van der Waals surface area contributed by atoms with Crippen LogP contribution in [0.25, 0.3) is 6.08 Å². The summed E-state index contributed by atoms with van der Waals surface area (Å²) in [6.07, 6.45) is 3.01. The molecule has 1 fully saturated rings. The summed E-state index contributed by atoms with van der Waals surface area (Å²) >= 11 is 3.45. The zero-order valence-electron chi connectivity index (χ0n) is 17.2. The van der Waals surface area contributed by atoms with Crippen molar-refractivity contribution in [2.24, 2.45) is 0 Å². The summed E-state index contributed by atoms with van der Waals surface area (Å²) in [5.41, 5.74) is 1.34. The van der Waals surface area contributed by atoms with E-state index >= 15 is 0 Å². The van der Waals surface area contributed by atoms with Gasteiger partial charge in [0.1, 0.15) is 12.3 Å². The number of ether oxygens (including phenoxy) is 2. The van der Waals surface area contributed by atoms with Gasteiger partial charge in [0, 0.05) is 23.2 Å². The predicted molar refractivity (Wildman–Crippen MR) is 121 cm³/mol. The van der Waals surface area contributed by atoms with Crippen molar-refractivity contribution < 1.29 is 24.0 Å². The molecule has 0 radical (unpaired) electrons. The Labute approximate surface area is 192 Å². The minimum absolute atomic E-state index is 0.0203. The van der Waals surface area contributed by atoms with E-state index in [0.717, 1.165) is 4.90 Å². The van der Waals surface area contributed by atoms with Gasteiger partial charge in [-0.3, -0.25) is 19.8 Å². The summed E-state index contributed by atoms with van der Waals surface area (Å²) in [6.45, 7) is 5.94. The maximum Gasteiger partial charge on any atom is 0.329 e. The molecule has 0 bridgehead atoms. The second-order valence-electron chi connectivity index (χ2n) is 6.66. The van der Waals surface area contributed by atoms with E-state index in [1.165, 1.54) is 18.2 Å². The number of nitrogens with zero attached hydrogens (tertiary/aromatic N) is 2. The Bertz CT molecular complexity index is 1110. The Morgan fingerprint density at radius 2 is 1.97 bits per heavy atom. The lowest BCUT2D eigenvalue weighted by molar-refractivity contribution is -0.384. The lowest BCUT2D eigenvalue weighted by Crippen LogP contribution is -2.30. The van der Waals surface area contributed by atoms with Gasteiger partial charge in [0.25, 0.3) is 11.6 Å². The molecule has 0 aromatic heterocycles. The molecule has 0 spiro atoms. The number of carbonyl (C=O) groups is 2. The standard InChI is InChI=1S/C22H20BrN3O6/c1-3-8-25-21(27)18(24-22(25)28)10-15-11-19(31-4-2)20(12-17(15)23)32-13-14-6-5-7-16(9-14)26(29)30/h3,5-7,9-12H,1,4,8,13H2,2H3,(H,24,28)/b18-10+. The number of halogens is 1. The first-order valence-corrected chi connectivity index (χ1v) is 10.4. The second kappa shape index (κ2) is 10.1. The number of amides is 3. The Morgan fingerprint density at radius 1 is 1.22 bits per heavy atom. The van der Waals surface area contributed by atoms with Crippen LogP contribution in [-0.2, 0) is 11.4 Å². The van der Waals surface area contributed by atoms with E-state index in [1.54, 1.807) is 30.3 Å². The summed E-state index contributed by atoms with van der Waals surface area (Å²) < 4.78 is 12.1. The van der Waals surface area contributed by atoms with Gasteiger partial charge >= 0.3 is 6.03 Å². The molecule has 10 heteroatoms. The van der Waals surface area contributed by atoms with E-state index in [9.17, 15) is 19.7 Å². The Morgan fingerprint density at radius 3 is 2.66 bits per heavy atom. The third kappa shape index (κ3) is 5.14. The van der Waals surface area contributed by atoms with Crippen molar-refractivity contribution >= 4 is 39.6 Å². The van der Waals surface area contributed by atoms with E-state index in [0.29, 0.717) is 33.7 Å². The van der Waals surface area contributed by atoms with Crippen molar-refractivity contribution in [3.8, 4) is 11.5 Å². The number of nitro benzene ring substituents is 1. The predicted octanol–water partition coefficient (Wildman–Crippen LogP) is 4.41. The number of nitro groups is 1. The van der Waals surface area contributed by atoms with E-state index in [2.05, 4.69) is 27.8 Å². The molecular weight excluding hydrogens is 482 g/mol. The van der Waals surface area contributed by atoms with Gasteiger partial charge in [0.2, 0.25) is 0 Å². The van der Waals surface area contributed by atoms with Gasteiger partial charge in [-0.25, -0.2) is 4.79 Å². The molecule has 2 aromatic rings. The molecule has 0 saturated carbocycles. The van der Waals surface area contributed by atoms with Crippen LogP contribution in [-0.4, -0.2) is 34.9 Å². The summed E-state index contributed by atoms with van der Waals surface area (Å²) in [4.78, 5) is 36.0. The summed E-state index contributed by atoms with van der Waals surface area (Å²) in [5.74, 6) is 0.390. The molecule has 3 rings (SSSR count). The normalized spacial score (nSPS) is 14.4. The Balaban J connectivity index is 1.86. The average Bonchev–Trinajstić information content (AvgIpc) is 3.03. The molecular formula is C22H20BrN3O6. The highest BCUT2D eigenvalue weighted by Gasteiger charge is 2.32. The quantitative estimate of drug-likeness (QED) is 0.179. The first kappa shape index (κ1) is 23.0. The van der Waals surface area contributed by atoms with Gasteiger partial charge in [-0.2, -0.15) is 0 Å². The smallest absolute Gasteiger partial charge is 0.329 e. The highest BCUT2D eigenvalue weighted by atomic mass is 79.9. The maximum absolute atomic E-state index is 12.4. The molecule has 0 unspecified atom stereocenters. The molecule has 9 nitrogen and oxygen atoms in total. The third-order valence-corrected chi connectivity index (χ3v) is 5.14. The Hall–Kier alpha value is -3.66. The SMILES string of the molecule is C=CCN1C(=O)N/C(=C/c2cc(OCC)c(OCc3cccc([N+](=O)[O-])c3)cc2Br)C1=O. The number of hydrogen-bond acceptors (Lipinski definition) is 6. The number of hydrogen-bond donors (Lipinski definition) is 1. The van der Waals surface area contributed by atoms with Gasteiger partial charge in [0.05, 0.1) is 11.5 Å². The summed E-state index contributed by atoms with van der Waals surface area (Å²) in [7, 11) is 0. The molecule has 1 aliphatic heterocycles. The van der Waals surface area contributed by atoms with Crippen molar-refractivity contribution in [2.45, 2.75) is 13.5 Å². The second-order valence-corrected chi connectivity index (χ2v) is 7.52. The van der Waals surface area contributed by atoms with Gasteiger partial charge in [-0.15, -0.1) is 6.58 Å². The molecule has 1 N–H and O–H groups in total. The van der Waals surface area contributed by atoms with Crippen LogP contribution in [0.15, 0.2) is 59.2 Å². The zero-order valence-corrected chi connectivity index (χ0v) is 18.8. The molecule has 1 saturated heterocycles. The minimum Gasteiger partial charge on any atom is -0.490 e. The topological polar surface area (TPSA) is 111 Å². The highest BCUT2D eigenvalue weighted by Crippen LogP contribution is 2.36. The largest absolute Gasteiger partial charge is 0.490 e. The number of rotatable bonds is 9. The monoisotopic (exact) mass is 501 g/mol. The van der Waals surface area contributed by atoms with Crippen LogP contribution in [0.4, 0.5) is 10.5 Å². The zero-order chi connectivity index (χ0) is 23.3. The number of urea groups is 1. The van der Waals surface area contributed by atoms with E-state index in [4.69, 9.17) is 9.47 Å². The summed E-state index contributed by atoms with van der Waals surface area (Å²) in [6, 6.07) is 9.01. The lowest BCUT2D eigenvalue weighted by Gasteiger charge is -2.14. The van der Waals surface area contributed by atoms with Crippen molar-refractivity contribution in [3.63, 3.8) is 0 Å². The molecule has 0 aliphatic carbocycles. The van der Waals surface area contributed by atoms with Gasteiger partial charge in [-0.05, 0) is 36.3 Å². The first-order valence-electron chi connectivity index (χ1n) is 9.62. The molecule has 32 heavy (non-hydrogen) atoms. The fourth-order valence-corrected chi connectivity index (χ4v) is 3.42. The number of non-ortho nitro benzene ring substituents is 1. The van der Waals surface area contributed by atoms with Gasteiger partial charge in [0.15, 0.2) is 11.5 Å². The van der Waals surface area contributed by atoms with Crippen LogP contribution in [0.2, 0.25) is 0 Å². The first-order chi connectivity index (χ1) is 15.3. The Kier molecular flexibility index (Phi) is 7.26. The lowest BCUT2D eigenvalue weighted by atomic mass is 10.1. The van der Waals surface area contributed by atoms with E-state index in [1.807, 2.05) is 6.92 Å².